The second kappa shape index (κ2) is 16.5. The number of allylic oxidation sites excluding steroid dienone is 1. The third-order valence-corrected chi connectivity index (χ3v) is 13.3. The maximum atomic E-state index is 15.3. The predicted molar refractivity (Wildman–Crippen MR) is 208 cm³/mol. The van der Waals surface area contributed by atoms with Gasteiger partial charge in [0.2, 0.25) is 5.78 Å². The van der Waals surface area contributed by atoms with Crippen molar-refractivity contribution in [3.05, 3.63) is 93.3 Å². The number of halogens is 6. The third kappa shape index (κ3) is 7.67. The Morgan fingerprint density at radius 3 is 1.67 bits per heavy atom. The van der Waals surface area contributed by atoms with Crippen molar-refractivity contribution in [2.75, 3.05) is 13.2 Å². The second-order valence-corrected chi connectivity index (χ2v) is 17.4. The molecule has 12 atom stereocenters. The van der Waals surface area contributed by atoms with Gasteiger partial charge < -0.3 is 29.6 Å². The van der Waals surface area contributed by atoms with Crippen molar-refractivity contribution in [2.45, 2.75) is 95.5 Å². The van der Waals surface area contributed by atoms with E-state index in [9.17, 15) is 55.1 Å². The topological polar surface area (TPSA) is 180 Å². The zero-order valence-corrected chi connectivity index (χ0v) is 34.6. The van der Waals surface area contributed by atoms with E-state index < -0.39 is 125 Å². The van der Waals surface area contributed by atoms with Gasteiger partial charge in [0, 0.05) is 63.7 Å². The Morgan fingerprint density at radius 1 is 0.625 bits per heavy atom. The number of alkyl halides is 6. The zero-order chi connectivity index (χ0) is 46.3. The molecular formula is C45H42F6N2O11. The van der Waals surface area contributed by atoms with Gasteiger partial charge in [-0.25, -0.2) is 0 Å². The molecule has 19 heteroatoms. The summed E-state index contributed by atoms with van der Waals surface area (Å²) in [6, 6.07) is 9.55. The molecule has 0 spiro atoms. The molecule has 2 aromatic carbocycles. The van der Waals surface area contributed by atoms with E-state index >= 15 is 4.79 Å². The van der Waals surface area contributed by atoms with Gasteiger partial charge in [0.15, 0.2) is 29.2 Å². The lowest BCUT2D eigenvalue weighted by Crippen LogP contribution is -2.58. The number of amides is 2. The molecule has 2 aliphatic carbocycles. The van der Waals surface area contributed by atoms with Crippen LogP contribution in [0.1, 0.15) is 82.0 Å². The molecule has 8 rings (SSSR count). The van der Waals surface area contributed by atoms with Crippen molar-refractivity contribution < 1.29 is 78.9 Å². The van der Waals surface area contributed by atoms with Gasteiger partial charge in [0.05, 0.1) is 30.8 Å². The number of Topliss-reactive ketones (excluding diaryl/α,β-unsaturated/α-hetero) is 5. The number of ether oxygens (including phenoxy) is 4. The molecule has 2 aromatic rings. The Bertz CT molecular complexity index is 2420. The molecule has 2 N–H and O–H groups in total. The summed E-state index contributed by atoms with van der Waals surface area (Å²) in [7, 11) is 0. The summed E-state index contributed by atoms with van der Waals surface area (Å²) in [5.74, 6) is -13.1. The number of ketones is 5. The number of hydrogen-bond donors (Lipinski definition) is 2. The molecule has 4 heterocycles. The van der Waals surface area contributed by atoms with Crippen LogP contribution in [0.2, 0.25) is 0 Å². The molecule has 0 bridgehead atoms. The highest BCUT2D eigenvalue weighted by atomic mass is 19.4. The van der Waals surface area contributed by atoms with Crippen LogP contribution in [0.3, 0.4) is 0 Å². The Morgan fingerprint density at radius 2 is 1.11 bits per heavy atom. The van der Waals surface area contributed by atoms with Crippen molar-refractivity contribution in [1.82, 2.24) is 10.6 Å². The van der Waals surface area contributed by atoms with Gasteiger partial charge in [-0.3, -0.25) is 33.6 Å². The highest BCUT2D eigenvalue weighted by Gasteiger charge is 2.57. The van der Waals surface area contributed by atoms with E-state index in [-0.39, 0.29) is 70.8 Å². The SMILES string of the molecule is CC1COC(C2=C3C(=O)c4ccccc4C(=O)C3C(C)C(C(=O)[C@H]3O[C@@H](C4CC(NC(=O)C(F)(F)F)[C@H](C)CO4)C4=C(C(=O)c5ccccc5C4=O)C3C)O2)CC1NC(=O)C(F)(F)F. The van der Waals surface area contributed by atoms with Gasteiger partial charge >= 0.3 is 24.2 Å². The first-order valence-corrected chi connectivity index (χ1v) is 20.8. The maximum Gasteiger partial charge on any atom is 0.471 e. The number of benzene rings is 2. The van der Waals surface area contributed by atoms with Gasteiger partial charge in [-0.05, 0) is 18.3 Å². The standard InChI is InChI=1S/C45H42F6N2O11/c1-17-15-61-27(13-25(17)52-42(59)44(46,47)48)40-31-29(33(54)21-9-5-7-11-23(21)35(31)56)19(3)38(63-40)37(58)39-20(4)30-32(36(57)24-12-8-6-10-22(24)34(30)55)41(64-39)28-14-26(18(2)16-62-28)53-43(60)45(49,50)51/h5-12,17-20,25-29,38-39,41H,13-16H2,1-4H3,(H,52,59)(H,53,60)/t17?,18-,19?,20?,25?,26?,27?,28?,29?,38?,39+,41+/m1/s1. The van der Waals surface area contributed by atoms with E-state index in [2.05, 4.69) is 0 Å². The van der Waals surface area contributed by atoms with Crippen LogP contribution in [0, 0.1) is 29.6 Å². The van der Waals surface area contributed by atoms with E-state index in [1.165, 1.54) is 56.3 Å². The second-order valence-electron chi connectivity index (χ2n) is 17.4. The number of carbonyl (C=O) groups is 7. The Hall–Kier alpha value is -5.53. The van der Waals surface area contributed by atoms with Crippen LogP contribution in [-0.4, -0.2) is 109 Å². The smallest absolute Gasteiger partial charge is 0.471 e. The molecule has 64 heavy (non-hydrogen) atoms. The fourth-order valence-corrected chi connectivity index (χ4v) is 9.84. The average Bonchev–Trinajstić information content (AvgIpc) is 3.25. The summed E-state index contributed by atoms with van der Waals surface area (Å²) >= 11 is 0. The minimum Gasteiger partial charge on any atom is -0.483 e. The molecular weight excluding hydrogens is 858 g/mol. The Labute approximate surface area is 361 Å². The van der Waals surface area contributed by atoms with Gasteiger partial charge in [0.25, 0.3) is 0 Å². The van der Waals surface area contributed by atoms with Gasteiger partial charge in [-0.1, -0.05) is 76.2 Å². The largest absolute Gasteiger partial charge is 0.483 e. The fraction of sp³-hybridized carbons (Fsp3) is 0.489. The van der Waals surface area contributed by atoms with E-state index in [0.29, 0.717) is 0 Å². The lowest BCUT2D eigenvalue weighted by molar-refractivity contribution is -0.178. The molecule has 2 fully saturated rings. The van der Waals surface area contributed by atoms with Gasteiger partial charge in [0.1, 0.15) is 24.1 Å². The summed E-state index contributed by atoms with van der Waals surface area (Å²) in [6.07, 6.45) is -18.7. The molecule has 9 unspecified atom stereocenters. The van der Waals surface area contributed by atoms with Crippen LogP contribution in [0.4, 0.5) is 26.3 Å². The van der Waals surface area contributed by atoms with Gasteiger partial charge in [-0.15, -0.1) is 0 Å². The average molecular weight is 901 g/mol. The number of hydrogen-bond acceptors (Lipinski definition) is 11. The van der Waals surface area contributed by atoms with Crippen LogP contribution in [0.15, 0.2) is 71.0 Å². The molecule has 13 nitrogen and oxygen atoms in total. The molecule has 0 saturated carbocycles. The number of carbonyl (C=O) groups excluding carboxylic acids is 7. The lowest BCUT2D eigenvalue weighted by atomic mass is 9.67. The highest BCUT2D eigenvalue weighted by molar-refractivity contribution is 6.28. The Balaban J connectivity index is 1.19. The normalized spacial score (nSPS) is 33.0. The van der Waals surface area contributed by atoms with Crippen LogP contribution in [0.25, 0.3) is 0 Å². The number of fused-ring (bicyclic) bond motifs is 3. The molecule has 0 aromatic heterocycles. The van der Waals surface area contributed by atoms with Crippen molar-refractivity contribution in [3.63, 3.8) is 0 Å². The first-order chi connectivity index (χ1) is 30.1. The first kappa shape index (κ1) is 45.1. The van der Waals surface area contributed by atoms with E-state index in [0.717, 1.165) is 0 Å². The van der Waals surface area contributed by atoms with Crippen molar-refractivity contribution >= 4 is 40.7 Å². The molecule has 6 aliphatic rings. The monoisotopic (exact) mass is 900 g/mol. The fourth-order valence-electron chi connectivity index (χ4n) is 9.84. The van der Waals surface area contributed by atoms with Crippen LogP contribution < -0.4 is 10.6 Å². The minimum absolute atomic E-state index is 0.0155. The van der Waals surface area contributed by atoms with Crippen molar-refractivity contribution in [1.29, 1.82) is 0 Å². The van der Waals surface area contributed by atoms with Crippen LogP contribution >= 0.6 is 0 Å². The van der Waals surface area contributed by atoms with Crippen LogP contribution in [0.5, 0.6) is 0 Å². The van der Waals surface area contributed by atoms with Crippen molar-refractivity contribution in [3.8, 4) is 0 Å². The minimum atomic E-state index is -5.22. The lowest BCUT2D eigenvalue weighted by Gasteiger charge is -2.47. The molecule has 4 aliphatic heterocycles. The first-order valence-electron chi connectivity index (χ1n) is 20.8. The zero-order valence-electron chi connectivity index (χ0n) is 34.6. The summed E-state index contributed by atoms with van der Waals surface area (Å²) in [5.41, 5.74) is -0.376. The molecule has 2 amide bonds. The van der Waals surface area contributed by atoms with E-state index in [1.54, 1.807) is 19.9 Å². The predicted octanol–water partition coefficient (Wildman–Crippen LogP) is 5.26. The summed E-state index contributed by atoms with van der Waals surface area (Å²) in [5, 5.41) is 3.95. The van der Waals surface area contributed by atoms with E-state index in [1.807, 2.05) is 10.6 Å². The number of nitrogens with one attached hydrogen (secondary N) is 2. The summed E-state index contributed by atoms with van der Waals surface area (Å²) < 4.78 is 106. The van der Waals surface area contributed by atoms with Crippen molar-refractivity contribution in [2.24, 2.45) is 29.6 Å². The summed E-state index contributed by atoms with van der Waals surface area (Å²) in [6.45, 7) is 5.59. The molecule has 2 saturated heterocycles. The Kier molecular flexibility index (Phi) is 11.6. The molecule has 340 valence electrons. The third-order valence-electron chi connectivity index (χ3n) is 13.3. The number of rotatable bonds is 6. The maximum absolute atomic E-state index is 15.3. The quantitative estimate of drug-likeness (QED) is 0.361. The van der Waals surface area contributed by atoms with Gasteiger partial charge in [-0.2, -0.15) is 26.3 Å². The van der Waals surface area contributed by atoms with E-state index in [4.69, 9.17) is 18.9 Å². The van der Waals surface area contributed by atoms with Crippen LogP contribution in [-0.2, 0) is 33.3 Å². The summed E-state index contributed by atoms with van der Waals surface area (Å²) in [4.78, 5) is 97.0. The molecule has 0 radical (unpaired) electrons. The highest BCUT2D eigenvalue weighted by Crippen LogP contribution is 2.48.